The third-order valence-corrected chi connectivity index (χ3v) is 4.08. The Bertz CT molecular complexity index is 702. The smallest absolute Gasteiger partial charge is 0.258 e. The molecule has 1 heterocycles. The molecule has 0 saturated heterocycles. The lowest BCUT2D eigenvalue weighted by Crippen LogP contribution is -2.29. The highest BCUT2D eigenvalue weighted by Crippen LogP contribution is 2.34. The number of benzene rings is 2. The van der Waals surface area contributed by atoms with E-state index in [1.165, 1.54) is 12.1 Å². The molecule has 0 spiro atoms. The molecule has 2 aromatic carbocycles. The Morgan fingerprint density at radius 3 is 2.85 bits per heavy atom. The standard InChI is InChI=1S/C15H12BrFN2O/c16-11-5-4-10(8-12(11)17)15(20)19-7-6-9-2-1-3-13(18)14(9)19/h1-5,8H,6-7,18H2. The normalized spacial score (nSPS) is 13.4. The number of halogens is 2. The molecule has 2 aromatic rings. The van der Waals surface area contributed by atoms with E-state index in [0.29, 0.717) is 22.3 Å². The molecule has 3 nitrogen and oxygen atoms in total. The number of nitrogens with zero attached hydrogens (tertiary/aromatic N) is 1. The van der Waals surface area contributed by atoms with E-state index in [-0.39, 0.29) is 5.91 Å². The van der Waals surface area contributed by atoms with Gasteiger partial charge >= 0.3 is 0 Å². The number of hydrogen-bond acceptors (Lipinski definition) is 2. The van der Waals surface area contributed by atoms with E-state index >= 15 is 0 Å². The number of para-hydroxylation sites is 1. The van der Waals surface area contributed by atoms with Gasteiger partial charge in [0.1, 0.15) is 5.82 Å². The van der Waals surface area contributed by atoms with Gasteiger partial charge in [-0.3, -0.25) is 4.79 Å². The number of carbonyl (C=O) groups is 1. The lowest BCUT2D eigenvalue weighted by Gasteiger charge is -2.19. The maximum absolute atomic E-state index is 13.6. The Labute approximate surface area is 124 Å². The number of rotatable bonds is 1. The molecule has 0 bridgehead atoms. The summed E-state index contributed by atoms with van der Waals surface area (Å²) in [6.07, 6.45) is 0.769. The molecule has 0 aliphatic carbocycles. The zero-order valence-corrected chi connectivity index (χ0v) is 12.2. The molecule has 0 unspecified atom stereocenters. The summed E-state index contributed by atoms with van der Waals surface area (Å²) in [7, 11) is 0. The van der Waals surface area contributed by atoms with Crippen molar-refractivity contribution in [2.75, 3.05) is 17.2 Å². The fourth-order valence-corrected chi connectivity index (χ4v) is 2.72. The van der Waals surface area contributed by atoms with E-state index in [1.807, 2.05) is 12.1 Å². The van der Waals surface area contributed by atoms with Crippen LogP contribution in [-0.2, 0) is 6.42 Å². The fourth-order valence-electron chi connectivity index (χ4n) is 2.47. The zero-order chi connectivity index (χ0) is 14.3. The number of nitrogen functional groups attached to an aromatic ring is 1. The van der Waals surface area contributed by atoms with Crippen molar-refractivity contribution in [2.24, 2.45) is 0 Å². The van der Waals surface area contributed by atoms with Gasteiger partial charge in [0, 0.05) is 12.1 Å². The van der Waals surface area contributed by atoms with Crippen LogP contribution in [0.1, 0.15) is 15.9 Å². The quantitative estimate of drug-likeness (QED) is 0.812. The maximum Gasteiger partial charge on any atom is 0.258 e. The second kappa shape index (κ2) is 4.90. The molecule has 3 rings (SSSR count). The largest absolute Gasteiger partial charge is 0.397 e. The minimum atomic E-state index is -0.448. The van der Waals surface area contributed by atoms with Crippen molar-refractivity contribution in [2.45, 2.75) is 6.42 Å². The van der Waals surface area contributed by atoms with Gasteiger partial charge in [-0.15, -0.1) is 0 Å². The van der Waals surface area contributed by atoms with Crippen LogP contribution < -0.4 is 10.6 Å². The molecule has 1 aliphatic rings. The number of anilines is 2. The predicted molar refractivity (Wildman–Crippen MR) is 80.3 cm³/mol. The summed E-state index contributed by atoms with van der Waals surface area (Å²) in [5.41, 5.74) is 8.66. The predicted octanol–water partition coefficient (Wildman–Crippen LogP) is 3.37. The third kappa shape index (κ3) is 2.08. The van der Waals surface area contributed by atoms with E-state index in [4.69, 9.17) is 5.73 Å². The highest BCUT2D eigenvalue weighted by Gasteiger charge is 2.27. The molecular formula is C15H12BrFN2O. The molecule has 5 heteroatoms. The molecule has 102 valence electrons. The number of fused-ring (bicyclic) bond motifs is 1. The van der Waals surface area contributed by atoms with Gasteiger partial charge in [-0.05, 0) is 52.2 Å². The first-order valence-corrected chi connectivity index (χ1v) is 7.01. The summed E-state index contributed by atoms with van der Waals surface area (Å²) in [4.78, 5) is 14.1. The van der Waals surface area contributed by atoms with Crippen molar-refractivity contribution in [3.05, 3.63) is 57.8 Å². The van der Waals surface area contributed by atoms with Crippen LogP contribution in [0, 0.1) is 5.82 Å². The topological polar surface area (TPSA) is 46.3 Å². The second-order valence-electron chi connectivity index (χ2n) is 4.69. The van der Waals surface area contributed by atoms with Gasteiger partial charge in [0.15, 0.2) is 0 Å². The summed E-state index contributed by atoms with van der Waals surface area (Å²) in [6.45, 7) is 0.570. The van der Waals surface area contributed by atoms with Gasteiger partial charge in [0.2, 0.25) is 0 Å². The summed E-state index contributed by atoms with van der Waals surface area (Å²) in [6, 6.07) is 9.99. The SMILES string of the molecule is Nc1cccc2c1N(C(=O)c1ccc(Br)c(F)c1)CC2. The monoisotopic (exact) mass is 334 g/mol. The first kappa shape index (κ1) is 13.1. The van der Waals surface area contributed by atoms with Crippen LogP contribution in [-0.4, -0.2) is 12.5 Å². The molecule has 0 atom stereocenters. The Morgan fingerprint density at radius 2 is 2.10 bits per heavy atom. The minimum Gasteiger partial charge on any atom is -0.397 e. The van der Waals surface area contributed by atoms with Gasteiger partial charge in [-0.25, -0.2) is 4.39 Å². The molecular weight excluding hydrogens is 323 g/mol. The summed E-state index contributed by atoms with van der Waals surface area (Å²) in [5.74, 6) is -0.677. The molecule has 0 saturated carbocycles. The average molecular weight is 335 g/mol. The molecule has 0 aromatic heterocycles. The average Bonchev–Trinajstić information content (AvgIpc) is 2.86. The Morgan fingerprint density at radius 1 is 1.30 bits per heavy atom. The fraction of sp³-hybridized carbons (Fsp3) is 0.133. The van der Waals surface area contributed by atoms with Crippen LogP contribution >= 0.6 is 15.9 Å². The van der Waals surface area contributed by atoms with Crippen molar-refractivity contribution in [1.82, 2.24) is 0 Å². The van der Waals surface area contributed by atoms with Gasteiger partial charge in [-0.2, -0.15) is 0 Å². The third-order valence-electron chi connectivity index (χ3n) is 3.44. The number of amides is 1. The van der Waals surface area contributed by atoms with Gasteiger partial charge in [0.25, 0.3) is 5.91 Å². The van der Waals surface area contributed by atoms with Crippen LogP contribution in [0.15, 0.2) is 40.9 Å². The lowest BCUT2D eigenvalue weighted by atomic mass is 10.1. The van der Waals surface area contributed by atoms with Crippen molar-refractivity contribution < 1.29 is 9.18 Å². The summed E-state index contributed by atoms with van der Waals surface area (Å²) >= 11 is 3.08. The van der Waals surface area contributed by atoms with Crippen LogP contribution in [0.25, 0.3) is 0 Å². The second-order valence-corrected chi connectivity index (χ2v) is 5.54. The Hall–Kier alpha value is -1.88. The van der Waals surface area contributed by atoms with Gasteiger partial charge < -0.3 is 10.6 Å². The van der Waals surface area contributed by atoms with Crippen molar-refractivity contribution in [3.8, 4) is 0 Å². The molecule has 2 N–H and O–H groups in total. The summed E-state index contributed by atoms with van der Waals surface area (Å²) < 4.78 is 13.9. The van der Waals surface area contributed by atoms with Gasteiger partial charge in [0.05, 0.1) is 15.8 Å². The van der Waals surface area contributed by atoms with E-state index in [2.05, 4.69) is 15.9 Å². The van der Waals surface area contributed by atoms with E-state index in [0.717, 1.165) is 17.7 Å². The number of nitrogens with two attached hydrogens (primary N) is 1. The minimum absolute atomic E-state index is 0.229. The number of hydrogen-bond donors (Lipinski definition) is 1. The van der Waals surface area contributed by atoms with Crippen LogP contribution in [0.2, 0.25) is 0 Å². The first-order chi connectivity index (χ1) is 9.58. The van der Waals surface area contributed by atoms with E-state index < -0.39 is 5.82 Å². The first-order valence-electron chi connectivity index (χ1n) is 6.22. The highest BCUT2D eigenvalue weighted by molar-refractivity contribution is 9.10. The Balaban J connectivity index is 1.99. The van der Waals surface area contributed by atoms with Crippen molar-refractivity contribution in [1.29, 1.82) is 0 Å². The molecule has 1 aliphatic heterocycles. The van der Waals surface area contributed by atoms with Crippen LogP contribution in [0.5, 0.6) is 0 Å². The van der Waals surface area contributed by atoms with Crippen molar-refractivity contribution >= 4 is 33.2 Å². The Kier molecular flexibility index (Phi) is 3.22. The lowest BCUT2D eigenvalue weighted by molar-refractivity contribution is 0.0989. The van der Waals surface area contributed by atoms with Crippen LogP contribution in [0.4, 0.5) is 15.8 Å². The van der Waals surface area contributed by atoms with Crippen LogP contribution in [0.3, 0.4) is 0 Å². The van der Waals surface area contributed by atoms with Crippen molar-refractivity contribution in [3.63, 3.8) is 0 Å². The maximum atomic E-state index is 13.6. The van der Waals surface area contributed by atoms with E-state index in [1.54, 1.807) is 17.0 Å². The molecule has 1 amide bonds. The molecule has 20 heavy (non-hydrogen) atoms. The zero-order valence-electron chi connectivity index (χ0n) is 10.6. The van der Waals surface area contributed by atoms with Gasteiger partial charge in [-0.1, -0.05) is 12.1 Å². The summed E-state index contributed by atoms with van der Waals surface area (Å²) in [5, 5.41) is 0. The molecule has 0 radical (unpaired) electrons. The molecule has 0 fully saturated rings. The number of carbonyl (C=O) groups excluding carboxylic acids is 1. The van der Waals surface area contributed by atoms with E-state index in [9.17, 15) is 9.18 Å². The highest BCUT2D eigenvalue weighted by atomic mass is 79.9.